The van der Waals surface area contributed by atoms with Gasteiger partial charge in [0.15, 0.2) is 0 Å². The van der Waals surface area contributed by atoms with Crippen molar-refractivity contribution in [2.45, 2.75) is 26.3 Å². The molecular formula is C14H18BrClN2O2. The molecule has 0 saturated heterocycles. The van der Waals surface area contributed by atoms with Crippen molar-refractivity contribution < 1.29 is 9.59 Å². The van der Waals surface area contributed by atoms with Gasteiger partial charge in [0.25, 0.3) is 5.91 Å². The van der Waals surface area contributed by atoms with Gasteiger partial charge in [-0.3, -0.25) is 9.59 Å². The quantitative estimate of drug-likeness (QED) is 0.847. The van der Waals surface area contributed by atoms with Crippen molar-refractivity contribution in [3.05, 3.63) is 33.3 Å². The lowest BCUT2D eigenvalue weighted by atomic mass is 10.0. The summed E-state index contributed by atoms with van der Waals surface area (Å²) in [5.41, 5.74) is 0.346. The molecule has 1 rings (SSSR count). The van der Waals surface area contributed by atoms with Crippen LogP contribution in [0, 0.1) is 5.92 Å². The van der Waals surface area contributed by atoms with Crippen LogP contribution >= 0.6 is 27.5 Å². The minimum absolute atomic E-state index is 0.210. The summed E-state index contributed by atoms with van der Waals surface area (Å²) in [6.45, 7) is 3.99. The van der Waals surface area contributed by atoms with E-state index in [0.29, 0.717) is 17.0 Å². The molecule has 20 heavy (non-hydrogen) atoms. The lowest BCUT2D eigenvalue weighted by Crippen LogP contribution is -2.46. The van der Waals surface area contributed by atoms with Crippen molar-refractivity contribution >= 4 is 39.3 Å². The van der Waals surface area contributed by atoms with E-state index in [9.17, 15) is 9.59 Å². The fourth-order valence-electron chi connectivity index (χ4n) is 1.78. The fourth-order valence-corrected chi connectivity index (χ4v) is 2.35. The number of hydrogen-bond donors (Lipinski definition) is 2. The van der Waals surface area contributed by atoms with Gasteiger partial charge in [-0.2, -0.15) is 0 Å². The van der Waals surface area contributed by atoms with E-state index in [2.05, 4.69) is 26.6 Å². The summed E-state index contributed by atoms with van der Waals surface area (Å²) in [4.78, 5) is 24.0. The van der Waals surface area contributed by atoms with Gasteiger partial charge in [-0.15, -0.1) is 0 Å². The second-order valence-corrected chi connectivity index (χ2v) is 6.22. The van der Waals surface area contributed by atoms with Crippen molar-refractivity contribution in [1.82, 2.24) is 10.6 Å². The van der Waals surface area contributed by atoms with Gasteiger partial charge in [0.05, 0.1) is 10.6 Å². The SMILES string of the molecule is CNC(=O)C(CC(C)C)NC(=O)c1cc(Br)ccc1Cl. The van der Waals surface area contributed by atoms with Gasteiger partial charge in [-0.1, -0.05) is 41.4 Å². The van der Waals surface area contributed by atoms with E-state index in [1.807, 2.05) is 13.8 Å². The van der Waals surface area contributed by atoms with Crippen LogP contribution in [-0.4, -0.2) is 24.9 Å². The first-order chi connectivity index (χ1) is 9.35. The minimum atomic E-state index is -0.567. The van der Waals surface area contributed by atoms with E-state index in [4.69, 9.17) is 11.6 Å². The van der Waals surface area contributed by atoms with E-state index in [0.717, 1.165) is 4.47 Å². The summed E-state index contributed by atoms with van der Waals surface area (Å²) in [5.74, 6) is -0.278. The number of likely N-dealkylation sites (N-methyl/N-ethyl adjacent to an activating group) is 1. The standard InChI is InChI=1S/C14H18BrClN2O2/c1-8(2)6-12(14(20)17-3)18-13(19)10-7-9(15)4-5-11(10)16/h4-5,7-8,12H,6H2,1-3H3,(H,17,20)(H,18,19). The third kappa shape index (κ3) is 4.80. The van der Waals surface area contributed by atoms with Crippen LogP contribution in [0.25, 0.3) is 0 Å². The Morgan fingerprint density at radius 1 is 1.35 bits per heavy atom. The Morgan fingerprint density at radius 2 is 2.00 bits per heavy atom. The average molecular weight is 362 g/mol. The van der Waals surface area contributed by atoms with Crippen LogP contribution in [0.1, 0.15) is 30.6 Å². The van der Waals surface area contributed by atoms with Crippen molar-refractivity contribution in [2.24, 2.45) is 5.92 Å². The first-order valence-electron chi connectivity index (χ1n) is 6.32. The molecule has 0 heterocycles. The highest BCUT2D eigenvalue weighted by atomic mass is 79.9. The second kappa shape index (κ2) is 7.64. The molecule has 0 aliphatic carbocycles. The molecule has 1 atom stereocenters. The number of amides is 2. The number of carbonyl (C=O) groups is 2. The number of halogens is 2. The molecule has 2 N–H and O–H groups in total. The van der Waals surface area contributed by atoms with Crippen LogP contribution in [0.15, 0.2) is 22.7 Å². The molecule has 1 aromatic rings. The van der Waals surface area contributed by atoms with E-state index < -0.39 is 6.04 Å². The van der Waals surface area contributed by atoms with Crippen molar-refractivity contribution in [2.75, 3.05) is 7.05 Å². The summed E-state index contributed by atoms with van der Waals surface area (Å²) in [6.07, 6.45) is 0.567. The molecule has 110 valence electrons. The highest BCUT2D eigenvalue weighted by Gasteiger charge is 2.22. The molecule has 0 radical (unpaired) electrons. The van der Waals surface area contributed by atoms with E-state index in [1.54, 1.807) is 25.2 Å². The van der Waals surface area contributed by atoms with Crippen molar-refractivity contribution in [3.8, 4) is 0 Å². The predicted octanol–water partition coefficient (Wildman–Crippen LogP) is 2.99. The highest BCUT2D eigenvalue weighted by Crippen LogP contribution is 2.21. The highest BCUT2D eigenvalue weighted by molar-refractivity contribution is 9.10. The summed E-state index contributed by atoms with van der Waals surface area (Å²) < 4.78 is 0.757. The maximum atomic E-state index is 12.2. The molecule has 4 nitrogen and oxygen atoms in total. The molecule has 0 aliphatic heterocycles. The molecule has 0 fully saturated rings. The van der Waals surface area contributed by atoms with Crippen LogP contribution in [-0.2, 0) is 4.79 Å². The van der Waals surface area contributed by atoms with Gasteiger partial charge in [0.2, 0.25) is 5.91 Å². The van der Waals surface area contributed by atoms with Crippen molar-refractivity contribution in [1.29, 1.82) is 0 Å². The lowest BCUT2D eigenvalue weighted by Gasteiger charge is -2.19. The number of benzene rings is 1. The van der Waals surface area contributed by atoms with Crippen LogP contribution in [0.2, 0.25) is 5.02 Å². The molecule has 1 unspecified atom stereocenters. The van der Waals surface area contributed by atoms with Crippen LogP contribution in [0.5, 0.6) is 0 Å². The zero-order chi connectivity index (χ0) is 15.3. The molecule has 6 heteroatoms. The molecule has 0 spiro atoms. The van der Waals surface area contributed by atoms with Gasteiger partial charge in [0, 0.05) is 11.5 Å². The minimum Gasteiger partial charge on any atom is -0.357 e. The lowest BCUT2D eigenvalue weighted by molar-refractivity contribution is -0.122. The Hall–Kier alpha value is -1.07. The Bertz CT molecular complexity index is 506. The zero-order valence-corrected chi connectivity index (χ0v) is 14.0. The number of hydrogen-bond acceptors (Lipinski definition) is 2. The predicted molar refractivity (Wildman–Crippen MR) is 83.9 cm³/mol. The zero-order valence-electron chi connectivity index (χ0n) is 11.7. The second-order valence-electron chi connectivity index (χ2n) is 4.89. The maximum absolute atomic E-state index is 12.2. The molecular weight excluding hydrogens is 344 g/mol. The van der Waals surface area contributed by atoms with E-state index >= 15 is 0 Å². The monoisotopic (exact) mass is 360 g/mol. The van der Waals surface area contributed by atoms with E-state index in [-0.39, 0.29) is 17.7 Å². The van der Waals surface area contributed by atoms with Crippen molar-refractivity contribution in [3.63, 3.8) is 0 Å². The van der Waals surface area contributed by atoms with Crippen LogP contribution < -0.4 is 10.6 Å². The third-order valence-electron chi connectivity index (χ3n) is 2.75. The summed E-state index contributed by atoms with van der Waals surface area (Å²) in [5, 5.41) is 5.64. The molecule has 0 bridgehead atoms. The number of nitrogens with one attached hydrogen (secondary N) is 2. The van der Waals surface area contributed by atoms with Crippen LogP contribution in [0.4, 0.5) is 0 Å². The average Bonchev–Trinajstić information content (AvgIpc) is 2.39. The Kier molecular flexibility index (Phi) is 6.49. The van der Waals surface area contributed by atoms with Gasteiger partial charge in [-0.25, -0.2) is 0 Å². The topological polar surface area (TPSA) is 58.2 Å². The van der Waals surface area contributed by atoms with Gasteiger partial charge >= 0.3 is 0 Å². The normalized spacial score (nSPS) is 12.1. The number of rotatable bonds is 5. The Balaban J connectivity index is 2.90. The van der Waals surface area contributed by atoms with E-state index in [1.165, 1.54) is 0 Å². The van der Waals surface area contributed by atoms with Gasteiger partial charge in [-0.05, 0) is 30.5 Å². The largest absolute Gasteiger partial charge is 0.357 e. The molecule has 1 aromatic carbocycles. The van der Waals surface area contributed by atoms with Crippen LogP contribution in [0.3, 0.4) is 0 Å². The summed E-state index contributed by atoms with van der Waals surface area (Å²) in [6, 6.07) is 4.46. The fraction of sp³-hybridized carbons (Fsp3) is 0.429. The number of carbonyl (C=O) groups excluding carboxylic acids is 2. The molecule has 0 aromatic heterocycles. The maximum Gasteiger partial charge on any atom is 0.253 e. The summed E-state index contributed by atoms with van der Waals surface area (Å²) >= 11 is 9.31. The molecule has 0 aliphatic rings. The first kappa shape index (κ1) is 17.0. The summed E-state index contributed by atoms with van der Waals surface area (Å²) in [7, 11) is 1.55. The van der Waals surface area contributed by atoms with Gasteiger partial charge in [0.1, 0.15) is 6.04 Å². The molecule has 0 saturated carbocycles. The first-order valence-corrected chi connectivity index (χ1v) is 7.49. The Labute approximate surface area is 132 Å². The molecule has 2 amide bonds. The Morgan fingerprint density at radius 3 is 2.55 bits per heavy atom. The van der Waals surface area contributed by atoms with Gasteiger partial charge < -0.3 is 10.6 Å². The third-order valence-corrected chi connectivity index (χ3v) is 3.57. The smallest absolute Gasteiger partial charge is 0.253 e.